The normalized spacial score (nSPS) is 14.8. The molecule has 0 fully saturated rings. The van der Waals surface area contributed by atoms with Crippen LogP contribution in [0, 0.1) is 5.82 Å². The van der Waals surface area contributed by atoms with Gasteiger partial charge in [0.1, 0.15) is 28.8 Å². The average molecular weight is 402 g/mol. The molecular weight excluding hydrogens is 383 g/mol. The van der Waals surface area contributed by atoms with E-state index in [9.17, 15) is 9.18 Å². The van der Waals surface area contributed by atoms with E-state index in [1.165, 1.54) is 17.0 Å². The predicted molar refractivity (Wildman–Crippen MR) is 114 cm³/mol. The fourth-order valence-electron chi connectivity index (χ4n) is 3.21. The Kier molecular flexibility index (Phi) is 5.30. The third kappa shape index (κ3) is 3.67. The molecule has 5 nitrogen and oxygen atoms in total. The van der Waals surface area contributed by atoms with Gasteiger partial charge in [0.2, 0.25) is 0 Å². The van der Waals surface area contributed by atoms with Gasteiger partial charge in [0.05, 0.1) is 19.9 Å². The molecule has 0 radical (unpaired) electrons. The Morgan fingerprint density at radius 2 is 1.67 bits per heavy atom. The van der Waals surface area contributed by atoms with E-state index in [4.69, 9.17) is 9.47 Å². The maximum atomic E-state index is 13.4. The zero-order valence-electron chi connectivity index (χ0n) is 16.5. The summed E-state index contributed by atoms with van der Waals surface area (Å²) in [7, 11) is 3.13. The third-order valence-corrected chi connectivity index (χ3v) is 4.71. The molecular formula is C24H19FN2O3. The number of amidine groups is 1. The van der Waals surface area contributed by atoms with Crippen molar-refractivity contribution in [2.45, 2.75) is 0 Å². The van der Waals surface area contributed by atoms with Gasteiger partial charge in [0.15, 0.2) is 0 Å². The Hall–Kier alpha value is -3.93. The molecule has 0 saturated carbocycles. The van der Waals surface area contributed by atoms with Crippen LogP contribution >= 0.6 is 0 Å². The molecule has 0 atom stereocenters. The summed E-state index contributed by atoms with van der Waals surface area (Å²) in [5.41, 5.74) is 2.26. The first-order valence-electron chi connectivity index (χ1n) is 9.28. The van der Waals surface area contributed by atoms with Crippen LogP contribution in [0.3, 0.4) is 0 Å². The number of methoxy groups -OCH3 is 2. The summed E-state index contributed by atoms with van der Waals surface area (Å²) in [4.78, 5) is 19.4. The van der Waals surface area contributed by atoms with Gasteiger partial charge in [0, 0.05) is 17.2 Å². The van der Waals surface area contributed by atoms with Gasteiger partial charge < -0.3 is 9.47 Å². The molecule has 30 heavy (non-hydrogen) atoms. The molecule has 1 heterocycles. The molecule has 4 rings (SSSR count). The second-order valence-electron chi connectivity index (χ2n) is 6.56. The molecule has 6 heteroatoms. The molecule has 0 aromatic heterocycles. The van der Waals surface area contributed by atoms with Crippen molar-refractivity contribution in [3.8, 4) is 11.5 Å². The molecule has 3 aromatic carbocycles. The summed E-state index contributed by atoms with van der Waals surface area (Å²) in [6.45, 7) is 0. The van der Waals surface area contributed by atoms with E-state index in [-0.39, 0.29) is 17.4 Å². The Balaban J connectivity index is 1.82. The van der Waals surface area contributed by atoms with E-state index in [0.29, 0.717) is 28.6 Å². The highest BCUT2D eigenvalue weighted by Crippen LogP contribution is 2.31. The van der Waals surface area contributed by atoms with Gasteiger partial charge in [-0.3, -0.25) is 9.69 Å². The molecule has 1 aliphatic rings. The summed E-state index contributed by atoms with van der Waals surface area (Å²) in [6, 6.07) is 20.5. The first-order chi connectivity index (χ1) is 14.6. The van der Waals surface area contributed by atoms with Gasteiger partial charge in [-0.05, 0) is 42.5 Å². The Morgan fingerprint density at radius 3 is 2.33 bits per heavy atom. The number of aliphatic imine (C=N–C) groups is 1. The van der Waals surface area contributed by atoms with Crippen LogP contribution in [0.5, 0.6) is 11.5 Å². The molecule has 0 unspecified atom stereocenters. The van der Waals surface area contributed by atoms with Gasteiger partial charge >= 0.3 is 0 Å². The van der Waals surface area contributed by atoms with Gasteiger partial charge in [0.25, 0.3) is 5.91 Å². The van der Waals surface area contributed by atoms with Gasteiger partial charge in [-0.15, -0.1) is 0 Å². The minimum Gasteiger partial charge on any atom is -0.497 e. The second-order valence-corrected chi connectivity index (χ2v) is 6.56. The number of halogens is 1. The van der Waals surface area contributed by atoms with Crippen molar-refractivity contribution in [2.75, 3.05) is 19.1 Å². The molecule has 0 bridgehead atoms. The van der Waals surface area contributed by atoms with Crippen LogP contribution in [0.1, 0.15) is 11.1 Å². The van der Waals surface area contributed by atoms with E-state index < -0.39 is 0 Å². The largest absolute Gasteiger partial charge is 0.497 e. The topological polar surface area (TPSA) is 51.1 Å². The van der Waals surface area contributed by atoms with Gasteiger partial charge in [-0.2, -0.15) is 0 Å². The third-order valence-electron chi connectivity index (χ3n) is 4.71. The molecule has 0 aliphatic carbocycles. The van der Waals surface area contributed by atoms with Crippen molar-refractivity contribution >= 4 is 23.5 Å². The fraction of sp³-hybridized carbons (Fsp3) is 0.0833. The van der Waals surface area contributed by atoms with Crippen LogP contribution in [-0.4, -0.2) is 26.0 Å². The lowest BCUT2D eigenvalue weighted by Gasteiger charge is -2.18. The maximum Gasteiger partial charge on any atom is 0.282 e. The minimum absolute atomic E-state index is 0.252. The Labute approximate surface area is 173 Å². The van der Waals surface area contributed by atoms with Crippen LogP contribution < -0.4 is 14.4 Å². The number of hydrogen-bond donors (Lipinski definition) is 0. The van der Waals surface area contributed by atoms with E-state index in [0.717, 1.165) is 5.56 Å². The molecule has 0 spiro atoms. The smallest absolute Gasteiger partial charge is 0.282 e. The van der Waals surface area contributed by atoms with Crippen LogP contribution in [-0.2, 0) is 4.79 Å². The number of rotatable bonds is 5. The molecule has 1 aliphatic heterocycles. The molecule has 0 N–H and O–H groups in total. The summed E-state index contributed by atoms with van der Waals surface area (Å²) in [5, 5.41) is 0. The maximum absolute atomic E-state index is 13.4. The van der Waals surface area contributed by atoms with E-state index >= 15 is 0 Å². The lowest BCUT2D eigenvalue weighted by molar-refractivity contribution is -0.113. The number of benzene rings is 3. The summed E-state index contributed by atoms with van der Waals surface area (Å²) in [6.07, 6.45) is 1.67. The van der Waals surface area contributed by atoms with Crippen LogP contribution in [0.4, 0.5) is 10.1 Å². The lowest BCUT2D eigenvalue weighted by Crippen LogP contribution is -2.32. The van der Waals surface area contributed by atoms with Crippen molar-refractivity contribution < 1.29 is 18.7 Å². The highest BCUT2D eigenvalue weighted by Gasteiger charge is 2.32. The van der Waals surface area contributed by atoms with E-state index in [1.54, 1.807) is 50.6 Å². The first-order valence-corrected chi connectivity index (χ1v) is 9.28. The number of nitrogens with zero attached hydrogens (tertiary/aromatic N) is 2. The van der Waals surface area contributed by atoms with Crippen molar-refractivity contribution in [1.29, 1.82) is 0 Å². The van der Waals surface area contributed by atoms with Crippen LogP contribution in [0.15, 0.2) is 83.5 Å². The lowest BCUT2D eigenvalue weighted by atomic mass is 10.1. The number of carbonyl (C=O) groups is 1. The number of carbonyl (C=O) groups excluding carboxylic acids is 1. The number of anilines is 1. The van der Waals surface area contributed by atoms with Crippen molar-refractivity contribution in [1.82, 2.24) is 0 Å². The highest BCUT2D eigenvalue weighted by molar-refractivity contribution is 6.33. The van der Waals surface area contributed by atoms with Gasteiger partial charge in [-0.25, -0.2) is 9.38 Å². The molecule has 0 saturated heterocycles. The summed E-state index contributed by atoms with van der Waals surface area (Å²) >= 11 is 0. The number of amides is 1. The quantitative estimate of drug-likeness (QED) is 0.583. The first kappa shape index (κ1) is 19.4. The average Bonchev–Trinajstić information content (AvgIpc) is 3.11. The van der Waals surface area contributed by atoms with Crippen molar-refractivity contribution in [3.05, 3.63) is 95.4 Å². The van der Waals surface area contributed by atoms with Crippen LogP contribution in [0.25, 0.3) is 6.08 Å². The monoisotopic (exact) mass is 402 g/mol. The van der Waals surface area contributed by atoms with Gasteiger partial charge in [-0.1, -0.05) is 30.3 Å². The standard InChI is InChI=1S/C24H19FN2O3/c1-29-20-13-8-17(22(15-20)30-2)14-21-24(28)27(19-11-9-18(25)10-12-19)23(26-21)16-6-4-3-5-7-16/h3-15H,1-2H3/b21-14+. The molecule has 3 aromatic rings. The van der Waals surface area contributed by atoms with Crippen molar-refractivity contribution in [3.63, 3.8) is 0 Å². The molecule has 1 amide bonds. The summed E-state index contributed by atoms with van der Waals surface area (Å²) < 4.78 is 24.1. The predicted octanol–water partition coefficient (Wildman–Crippen LogP) is 4.68. The fourth-order valence-corrected chi connectivity index (χ4v) is 3.21. The second kappa shape index (κ2) is 8.21. The number of hydrogen-bond acceptors (Lipinski definition) is 4. The highest BCUT2D eigenvalue weighted by atomic mass is 19.1. The van der Waals surface area contributed by atoms with E-state index in [2.05, 4.69) is 4.99 Å². The SMILES string of the molecule is COc1ccc(/C=C2/N=C(c3ccccc3)N(c3ccc(F)cc3)C2=O)c(OC)c1. The summed E-state index contributed by atoms with van der Waals surface area (Å²) in [5.74, 6) is 1.01. The van der Waals surface area contributed by atoms with E-state index in [1.807, 2.05) is 30.3 Å². The molecule has 150 valence electrons. The van der Waals surface area contributed by atoms with Crippen molar-refractivity contribution in [2.24, 2.45) is 4.99 Å². The number of ether oxygens (including phenoxy) is 2. The zero-order valence-corrected chi connectivity index (χ0v) is 16.5. The van der Waals surface area contributed by atoms with Crippen LogP contribution in [0.2, 0.25) is 0 Å². The Bertz CT molecular complexity index is 1140. The Morgan fingerprint density at radius 1 is 0.933 bits per heavy atom. The minimum atomic E-state index is -0.373. The zero-order chi connectivity index (χ0) is 21.1.